The first kappa shape index (κ1) is 17.5. The molecule has 1 aromatic carbocycles. The number of rotatable bonds is 2. The highest BCUT2D eigenvalue weighted by Crippen LogP contribution is 2.45. The van der Waals surface area contributed by atoms with Crippen molar-refractivity contribution in [2.45, 2.75) is 44.9 Å². The summed E-state index contributed by atoms with van der Waals surface area (Å²) < 4.78 is 0. The number of carbonyl (C=O) groups excluding carboxylic acids is 2. The van der Waals surface area contributed by atoms with Crippen LogP contribution in [0, 0.1) is 5.41 Å². The lowest BCUT2D eigenvalue weighted by molar-refractivity contribution is -0.136. The number of hydrogen-bond donors (Lipinski definition) is 1. The van der Waals surface area contributed by atoms with Gasteiger partial charge in [0.15, 0.2) is 5.82 Å². The minimum absolute atomic E-state index is 0.0380. The van der Waals surface area contributed by atoms with E-state index in [0.29, 0.717) is 25.3 Å². The third-order valence-corrected chi connectivity index (χ3v) is 5.97. The van der Waals surface area contributed by atoms with E-state index in [1.165, 1.54) is 0 Å². The molecular weight excluding hydrogens is 347 g/mol. The van der Waals surface area contributed by atoms with E-state index in [1.807, 2.05) is 34.1 Å². The molecule has 0 aliphatic carbocycles. The van der Waals surface area contributed by atoms with Crippen LogP contribution in [0.15, 0.2) is 24.3 Å². The van der Waals surface area contributed by atoms with Crippen molar-refractivity contribution in [3.8, 4) is 0 Å². The summed E-state index contributed by atoms with van der Waals surface area (Å²) in [5.74, 6) is 0.462. The second kappa shape index (κ2) is 5.78. The summed E-state index contributed by atoms with van der Waals surface area (Å²) in [6, 6.07) is 7.69. The highest BCUT2D eigenvalue weighted by Gasteiger charge is 2.55. The molecule has 0 radical (unpaired) electrons. The van der Waals surface area contributed by atoms with Crippen LogP contribution < -0.4 is 0 Å². The molecule has 1 aromatic heterocycles. The van der Waals surface area contributed by atoms with Crippen LogP contribution in [0.4, 0.5) is 0 Å². The van der Waals surface area contributed by atoms with E-state index in [9.17, 15) is 9.59 Å². The van der Waals surface area contributed by atoms with E-state index in [2.05, 4.69) is 40.0 Å². The minimum atomic E-state index is -0.353. The molecule has 7 heteroatoms. The highest BCUT2D eigenvalue weighted by molar-refractivity contribution is 7.19. The number of aromatic nitrogens is 2. The predicted octanol–water partition coefficient (Wildman–Crippen LogP) is 2.63. The van der Waals surface area contributed by atoms with Crippen LogP contribution in [0.25, 0.3) is 11.0 Å². The van der Waals surface area contributed by atoms with Gasteiger partial charge in [0.25, 0.3) is 5.91 Å². The molecule has 138 valence electrons. The number of para-hydroxylation sites is 2. The van der Waals surface area contributed by atoms with Gasteiger partial charge in [-0.05, 0) is 24.0 Å². The average molecular weight is 372 g/mol. The molecule has 4 rings (SSSR count). The van der Waals surface area contributed by atoms with E-state index in [1.54, 1.807) is 0 Å². The SMILES string of the molecule is CC(C)(C)CC(=O)N1CC2CC1(P)CN2C(=O)c1nc2ccccc2[nH]1. The third kappa shape index (κ3) is 2.90. The fraction of sp³-hybridized carbons (Fsp3) is 0.526. The zero-order chi connectivity index (χ0) is 18.7. The Bertz CT molecular complexity index is 854. The summed E-state index contributed by atoms with van der Waals surface area (Å²) in [6.45, 7) is 7.36. The number of nitrogens with one attached hydrogen (secondary N) is 1. The number of H-pyrrole nitrogens is 1. The monoisotopic (exact) mass is 372 g/mol. The number of aromatic amines is 1. The van der Waals surface area contributed by atoms with E-state index in [0.717, 1.165) is 17.5 Å². The van der Waals surface area contributed by atoms with Gasteiger partial charge < -0.3 is 14.8 Å². The molecule has 0 saturated carbocycles. The van der Waals surface area contributed by atoms with Crippen molar-refractivity contribution in [3.05, 3.63) is 30.1 Å². The van der Waals surface area contributed by atoms with Crippen LogP contribution in [0.2, 0.25) is 0 Å². The van der Waals surface area contributed by atoms with Gasteiger partial charge in [-0.15, -0.1) is 9.24 Å². The maximum atomic E-state index is 13.0. The molecule has 3 heterocycles. The lowest BCUT2D eigenvalue weighted by atomic mass is 9.91. The molecule has 26 heavy (non-hydrogen) atoms. The number of hydrogen-bond acceptors (Lipinski definition) is 3. The second-order valence-corrected chi connectivity index (χ2v) is 9.81. The van der Waals surface area contributed by atoms with Crippen molar-refractivity contribution < 1.29 is 9.59 Å². The highest BCUT2D eigenvalue weighted by atomic mass is 31.0. The van der Waals surface area contributed by atoms with Gasteiger partial charge in [-0.2, -0.15) is 0 Å². The van der Waals surface area contributed by atoms with Crippen molar-refractivity contribution in [2.75, 3.05) is 13.1 Å². The van der Waals surface area contributed by atoms with E-state index in [4.69, 9.17) is 0 Å². The van der Waals surface area contributed by atoms with Crippen molar-refractivity contribution in [3.63, 3.8) is 0 Å². The average Bonchev–Trinajstić information content (AvgIpc) is 3.20. The first-order valence-electron chi connectivity index (χ1n) is 9.01. The molecular formula is C19H25N4O2P. The molecule has 2 bridgehead atoms. The zero-order valence-electron chi connectivity index (χ0n) is 15.5. The van der Waals surface area contributed by atoms with Crippen LogP contribution in [0.5, 0.6) is 0 Å². The molecule has 6 nitrogen and oxygen atoms in total. The van der Waals surface area contributed by atoms with E-state index < -0.39 is 0 Å². The lowest BCUT2D eigenvalue weighted by Crippen LogP contribution is -2.55. The van der Waals surface area contributed by atoms with Crippen LogP contribution in [-0.4, -0.2) is 56.0 Å². The summed E-state index contributed by atoms with van der Waals surface area (Å²) in [7, 11) is 2.83. The lowest BCUT2D eigenvalue weighted by Gasteiger charge is -2.40. The standard InChI is InChI=1S/C19H25N4O2P/c1-18(2,3)9-15(24)23-10-12-8-19(23,26)11-22(12)17(25)16-20-13-6-4-5-7-14(13)21-16/h4-7,12H,8-11,26H2,1-3H3,(H,20,21). The summed E-state index contributed by atoms with van der Waals surface area (Å²) in [4.78, 5) is 37.1. The number of fused-ring (bicyclic) bond motifs is 3. The molecule has 2 aliphatic rings. The van der Waals surface area contributed by atoms with E-state index in [-0.39, 0.29) is 28.6 Å². The molecule has 0 spiro atoms. The van der Waals surface area contributed by atoms with Gasteiger partial charge in [0, 0.05) is 19.5 Å². The minimum Gasteiger partial charge on any atom is -0.334 e. The molecule has 3 unspecified atom stereocenters. The Labute approximate surface area is 155 Å². The second-order valence-electron chi connectivity index (χ2n) is 8.74. The van der Waals surface area contributed by atoms with Crippen LogP contribution in [-0.2, 0) is 4.79 Å². The molecule has 2 amide bonds. The number of amides is 2. The number of nitrogens with zero attached hydrogens (tertiary/aromatic N) is 3. The maximum Gasteiger partial charge on any atom is 0.290 e. The van der Waals surface area contributed by atoms with Crippen LogP contribution >= 0.6 is 9.24 Å². The number of benzene rings is 1. The number of carbonyl (C=O) groups is 2. The quantitative estimate of drug-likeness (QED) is 0.824. The van der Waals surface area contributed by atoms with Gasteiger partial charge in [0.1, 0.15) is 0 Å². The molecule has 2 aliphatic heterocycles. The first-order chi connectivity index (χ1) is 12.2. The van der Waals surface area contributed by atoms with Crippen LogP contribution in [0.1, 0.15) is 44.2 Å². The molecule has 2 fully saturated rings. The summed E-state index contributed by atoms with van der Waals surface area (Å²) in [5, 5.41) is -0.353. The van der Waals surface area contributed by atoms with Crippen molar-refractivity contribution in [1.29, 1.82) is 0 Å². The Morgan fingerprint density at radius 1 is 1.35 bits per heavy atom. The molecule has 1 N–H and O–H groups in total. The van der Waals surface area contributed by atoms with Crippen molar-refractivity contribution >= 4 is 32.1 Å². The Morgan fingerprint density at radius 2 is 2.08 bits per heavy atom. The normalized spacial score (nSPS) is 25.3. The number of piperazine rings is 1. The van der Waals surface area contributed by atoms with Crippen LogP contribution in [0.3, 0.4) is 0 Å². The topological polar surface area (TPSA) is 69.3 Å². The van der Waals surface area contributed by atoms with E-state index >= 15 is 0 Å². The molecule has 3 atom stereocenters. The molecule has 2 aromatic rings. The Morgan fingerprint density at radius 3 is 2.69 bits per heavy atom. The zero-order valence-corrected chi connectivity index (χ0v) is 16.6. The first-order valence-corrected chi connectivity index (χ1v) is 9.59. The Hall–Kier alpha value is -1.94. The maximum absolute atomic E-state index is 13.0. The number of likely N-dealkylation sites (tertiary alicyclic amines) is 2. The van der Waals surface area contributed by atoms with Gasteiger partial charge in [-0.3, -0.25) is 9.59 Å². The van der Waals surface area contributed by atoms with Gasteiger partial charge in [0.2, 0.25) is 5.91 Å². The number of imidazole rings is 1. The van der Waals surface area contributed by atoms with Crippen molar-refractivity contribution in [1.82, 2.24) is 19.8 Å². The van der Waals surface area contributed by atoms with Gasteiger partial charge >= 0.3 is 0 Å². The van der Waals surface area contributed by atoms with Gasteiger partial charge in [-0.1, -0.05) is 32.9 Å². The van der Waals surface area contributed by atoms with Crippen molar-refractivity contribution in [2.24, 2.45) is 5.41 Å². The summed E-state index contributed by atoms with van der Waals surface area (Å²) in [6.07, 6.45) is 1.33. The summed E-state index contributed by atoms with van der Waals surface area (Å²) in [5.41, 5.74) is 1.62. The third-order valence-electron chi connectivity index (χ3n) is 5.24. The fourth-order valence-electron chi connectivity index (χ4n) is 4.09. The van der Waals surface area contributed by atoms with Gasteiger partial charge in [0.05, 0.1) is 22.4 Å². The predicted molar refractivity (Wildman–Crippen MR) is 104 cm³/mol. The largest absolute Gasteiger partial charge is 0.334 e. The fourth-order valence-corrected chi connectivity index (χ4v) is 4.80. The molecule has 2 saturated heterocycles. The van der Waals surface area contributed by atoms with Gasteiger partial charge in [-0.25, -0.2) is 4.98 Å². The smallest absolute Gasteiger partial charge is 0.290 e. The summed E-state index contributed by atoms with van der Waals surface area (Å²) >= 11 is 0. The Balaban J connectivity index is 1.52. The Kier molecular flexibility index (Phi) is 3.88.